The van der Waals surface area contributed by atoms with Crippen LogP contribution < -0.4 is 15.8 Å². The van der Waals surface area contributed by atoms with E-state index in [0.29, 0.717) is 122 Å². The van der Waals surface area contributed by atoms with Crippen LogP contribution in [0.4, 0.5) is 23.2 Å². The van der Waals surface area contributed by atoms with Crippen LogP contribution in [0.1, 0.15) is 57.8 Å². The fraction of sp³-hybridized carbons (Fsp3) is 0.577. The number of hydrogen-bond acceptors (Lipinski definition) is 21. The number of hydrogen-bond donors (Lipinski definition) is 3. The van der Waals surface area contributed by atoms with E-state index in [0.717, 1.165) is 23.1 Å². The van der Waals surface area contributed by atoms with Crippen LogP contribution in [0.15, 0.2) is 46.1 Å². The van der Waals surface area contributed by atoms with E-state index in [2.05, 4.69) is 25.0 Å². The first-order valence-corrected chi connectivity index (χ1v) is 27.5. The molecular weight excluding hydrogens is 1100 g/mol. The van der Waals surface area contributed by atoms with Crippen LogP contribution in [-0.2, 0) is 83.3 Å². The molecule has 0 saturated heterocycles. The number of carbonyl (C=O) groups excluding carboxylic acids is 3. The van der Waals surface area contributed by atoms with Crippen molar-refractivity contribution in [2.24, 2.45) is 10.7 Å². The Balaban J connectivity index is 0.863. The highest BCUT2D eigenvalue weighted by Crippen LogP contribution is 2.34. The van der Waals surface area contributed by atoms with E-state index in [-0.39, 0.29) is 76.9 Å². The minimum Gasteiger partial charge on any atom is -0.420 e. The molecule has 1 aliphatic rings. The van der Waals surface area contributed by atoms with Crippen molar-refractivity contribution in [3.63, 3.8) is 0 Å². The summed E-state index contributed by atoms with van der Waals surface area (Å²) in [5, 5.41) is 4.19. The van der Waals surface area contributed by atoms with E-state index in [9.17, 15) is 40.4 Å². The van der Waals surface area contributed by atoms with Gasteiger partial charge >= 0.3 is 16.1 Å². The number of halogens is 4. The van der Waals surface area contributed by atoms with Gasteiger partial charge in [0, 0.05) is 48.5 Å². The van der Waals surface area contributed by atoms with Crippen LogP contribution in [0, 0.1) is 23.3 Å². The van der Waals surface area contributed by atoms with E-state index in [4.69, 9.17) is 62.5 Å². The quantitative estimate of drug-likeness (QED) is 0.0134. The van der Waals surface area contributed by atoms with Gasteiger partial charge < -0.3 is 63.2 Å². The Kier molecular flexibility index (Phi) is 32.0. The fourth-order valence-corrected chi connectivity index (χ4v) is 7.49. The van der Waals surface area contributed by atoms with Crippen molar-refractivity contribution in [2.75, 3.05) is 139 Å². The number of benzene rings is 2. The number of esters is 1. The van der Waals surface area contributed by atoms with Gasteiger partial charge in [0.2, 0.25) is 23.3 Å². The summed E-state index contributed by atoms with van der Waals surface area (Å²) < 4.78 is 145. The maximum atomic E-state index is 14.0. The number of aliphatic imine (C=N–C) groups is 1. The molecule has 0 unspecified atom stereocenters. The summed E-state index contributed by atoms with van der Waals surface area (Å²) in [4.78, 5) is 54.5. The number of ether oxygens (including phenoxy) is 11. The second-order valence-electron chi connectivity index (χ2n) is 17.4. The highest BCUT2D eigenvalue weighted by Gasteiger charge is 2.34. The molecule has 1 aromatic heterocycles. The lowest BCUT2D eigenvalue weighted by atomic mass is 10.0. The van der Waals surface area contributed by atoms with Gasteiger partial charge in [-0.3, -0.25) is 23.8 Å². The molecule has 0 bridgehead atoms. The molecule has 0 aliphatic carbocycles. The SMILES string of the molecule is CCCN(OC(C)C)C(=O)C1=Cc2ccc(-c3cnc(CNC(=O)CCOCCOCCOCCOCCOCCOCCOCCOCCOCCOCCC(=O)Oc4c(F)c(F)c(S(=O)(=O)O)c(F)c4F)nc3)cc2N=C(N)C1. The summed E-state index contributed by atoms with van der Waals surface area (Å²) in [6.45, 7) is 12.0. The number of nitrogens with zero attached hydrogens (tertiary/aromatic N) is 4. The van der Waals surface area contributed by atoms with Gasteiger partial charge in [-0.2, -0.15) is 17.2 Å². The first kappa shape index (κ1) is 67.8. The van der Waals surface area contributed by atoms with E-state index in [1.165, 1.54) is 5.06 Å². The molecule has 0 atom stereocenters. The standard InChI is InChI=1S/C52H72F4N6O18S/c1-4-9-62(80-36(2)3)52(65)39-30-38-6-5-37(31-41(38)61-42(57)32-39)40-33-58-43(59-34-40)35-60-44(63)7-10-69-12-14-71-16-18-73-20-22-75-24-26-77-28-29-78-27-25-76-23-21-74-19-17-72-15-13-70-11-8-45(64)79-50-46(53)48(55)51(81(66,67)68)49(56)47(50)54/h5-6,30-31,33-34,36H,4,7-29,32,35H2,1-3H3,(H2,57,61)(H,60,63)(H,66,67,68). The summed E-state index contributed by atoms with van der Waals surface area (Å²) in [6, 6.07) is 5.65. The number of nitrogens with two attached hydrogens (primary N) is 1. The monoisotopic (exact) mass is 1180 g/mol. The summed E-state index contributed by atoms with van der Waals surface area (Å²) in [5.74, 6) is -12.4. The van der Waals surface area contributed by atoms with Gasteiger partial charge in [-0.05, 0) is 38.0 Å². The van der Waals surface area contributed by atoms with Crippen LogP contribution in [0.3, 0.4) is 0 Å². The lowest BCUT2D eigenvalue weighted by molar-refractivity contribution is -0.196. The third-order valence-corrected chi connectivity index (χ3v) is 11.5. The largest absolute Gasteiger partial charge is 0.420 e. The first-order valence-electron chi connectivity index (χ1n) is 26.1. The van der Waals surface area contributed by atoms with Gasteiger partial charge in [-0.1, -0.05) is 19.1 Å². The second-order valence-corrected chi connectivity index (χ2v) is 18.8. The van der Waals surface area contributed by atoms with E-state index < -0.39 is 56.4 Å². The molecule has 2 aromatic carbocycles. The average molecular weight is 1180 g/mol. The van der Waals surface area contributed by atoms with Crippen molar-refractivity contribution in [1.82, 2.24) is 20.3 Å². The van der Waals surface area contributed by atoms with E-state index in [1.807, 2.05) is 39.0 Å². The van der Waals surface area contributed by atoms with Crippen LogP contribution in [0.2, 0.25) is 0 Å². The predicted molar refractivity (Wildman–Crippen MR) is 281 cm³/mol. The lowest BCUT2D eigenvalue weighted by Gasteiger charge is -2.24. The molecule has 0 fully saturated rings. The summed E-state index contributed by atoms with van der Waals surface area (Å²) in [7, 11) is -5.65. The highest BCUT2D eigenvalue weighted by molar-refractivity contribution is 7.85. The molecule has 452 valence electrons. The summed E-state index contributed by atoms with van der Waals surface area (Å²) in [5.41, 5.74) is 9.67. The fourth-order valence-electron chi connectivity index (χ4n) is 6.86. The Labute approximate surface area is 467 Å². The lowest BCUT2D eigenvalue weighted by Crippen LogP contribution is -2.36. The molecule has 2 heterocycles. The smallest absolute Gasteiger partial charge is 0.313 e. The molecule has 4 N–H and O–H groups in total. The van der Waals surface area contributed by atoms with Crippen LogP contribution in [0.25, 0.3) is 17.2 Å². The topological polar surface area (TPSA) is 296 Å². The number of hydroxylamine groups is 2. The minimum absolute atomic E-state index is 0.0155. The van der Waals surface area contributed by atoms with Gasteiger partial charge in [0.25, 0.3) is 5.91 Å². The average Bonchev–Trinajstić information content (AvgIpc) is 3.73. The number of aromatic nitrogens is 2. The third-order valence-electron chi connectivity index (χ3n) is 10.7. The number of fused-ring (bicyclic) bond motifs is 1. The molecule has 3 aromatic rings. The van der Waals surface area contributed by atoms with E-state index >= 15 is 0 Å². The molecule has 24 nitrogen and oxygen atoms in total. The van der Waals surface area contributed by atoms with Crippen LogP contribution >= 0.6 is 0 Å². The van der Waals surface area contributed by atoms with Crippen LogP contribution in [0.5, 0.6) is 5.75 Å². The predicted octanol–water partition coefficient (Wildman–Crippen LogP) is 4.47. The Bertz CT molecular complexity index is 2560. The number of amidine groups is 1. The number of nitrogens with one attached hydrogen (secondary N) is 1. The van der Waals surface area contributed by atoms with Crippen molar-refractivity contribution >= 4 is 45.5 Å². The summed E-state index contributed by atoms with van der Waals surface area (Å²) in [6.07, 6.45) is 5.51. The first-order chi connectivity index (χ1) is 39.0. The molecule has 0 saturated carbocycles. The third kappa shape index (κ3) is 26.0. The molecule has 1 aliphatic heterocycles. The number of carbonyl (C=O) groups is 3. The van der Waals surface area contributed by atoms with Gasteiger partial charge in [0.05, 0.1) is 157 Å². The maximum Gasteiger partial charge on any atom is 0.313 e. The minimum atomic E-state index is -5.65. The van der Waals surface area contributed by atoms with Crippen molar-refractivity contribution in [2.45, 2.75) is 64.0 Å². The zero-order valence-corrected chi connectivity index (χ0v) is 46.4. The number of amides is 2. The zero-order valence-electron chi connectivity index (χ0n) is 45.6. The van der Waals surface area contributed by atoms with Crippen LogP contribution in [-0.4, -0.2) is 196 Å². The highest BCUT2D eigenvalue weighted by atomic mass is 32.2. The number of rotatable bonds is 43. The molecular formula is C52H72F4N6O18S. The molecule has 0 radical (unpaired) electrons. The van der Waals surface area contributed by atoms with Crippen molar-refractivity contribution in [3.05, 3.63) is 70.8 Å². The maximum absolute atomic E-state index is 14.0. The molecule has 29 heteroatoms. The Morgan fingerprint density at radius 3 is 1.54 bits per heavy atom. The molecule has 0 spiro atoms. The summed E-state index contributed by atoms with van der Waals surface area (Å²) >= 11 is 0. The van der Waals surface area contributed by atoms with Gasteiger partial charge in [0.1, 0.15) is 11.7 Å². The van der Waals surface area contributed by atoms with Crippen molar-refractivity contribution in [3.8, 4) is 16.9 Å². The zero-order chi connectivity index (χ0) is 58.8. The van der Waals surface area contributed by atoms with Gasteiger partial charge in [-0.25, -0.2) is 28.8 Å². The molecule has 81 heavy (non-hydrogen) atoms. The molecule has 2 amide bonds. The normalized spacial score (nSPS) is 12.5. The molecule has 4 rings (SSSR count). The van der Waals surface area contributed by atoms with Gasteiger partial charge in [0.15, 0.2) is 16.5 Å². The Morgan fingerprint density at radius 2 is 1.11 bits per heavy atom. The van der Waals surface area contributed by atoms with E-state index in [1.54, 1.807) is 18.5 Å². The van der Waals surface area contributed by atoms with Crippen molar-refractivity contribution < 1.29 is 102 Å². The Morgan fingerprint density at radius 1 is 0.667 bits per heavy atom. The van der Waals surface area contributed by atoms with Crippen molar-refractivity contribution in [1.29, 1.82) is 0 Å². The Hall–Kier alpha value is -5.67. The second kappa shape index (κ2) is 38.2. The van der Waals surface area contributed by atoms with Gasteiger partial charge in [-0.15, -0.1) is 0 Å².